The van der Waals surface area contributed by atoms with E-state index < -0.39 is 0 Å². The van der Waals surface area contributed by atoms with Gasteiger partial charge in [-0.05, 0) is 36.5 Å². The van der Waals surface area contributed by atoms with E-state index in [9.17, 15) is 4.39 Å². The topological polar surface area (TPSA) is 21.6 Å². The highest BCUT2D eigenvalue weighted by Crippen LogP contribution is 2.50. The molecule has 18 heavy (non-hydrogen) atoms. The lowest BCUT2D eigenvalue weighted by Crippen LogP contribution is -2.32. The Morgan fingerprint density at radius 2 is 2.39 bits per heavy atom. The van der Waals surface area contributed by atoms with Crippen molar-refractivity contribution in [3.63, 3.8) is 0 Å². The molecular weight excluding hydrogens is 249 g/mol. The summed E-state index contributed by atoms with van der Waals surface area (Å²) < 4.78 is 18.6. The van der Waals surface area contributed by atoms with Crippen LogP contribution >= 0.6 is 11.8 Å². The normalized spacial score (nSPS) is 30.2. The molecule has 1 fully saturated rings. The predicted molar refractivity (Wildman–Crippen MR) is 72.9 cm³/mol. The molecule has 0 bridgehead atoms. The Kier molecular flexibility index (Phi) is 3.06. The summed E-state index contributed by atoms with van der Waals surface area (Å²) in [6.07, 6.45) is 3.47. The van der Waals surface area contributed by atoms with E-state index in [0.717, 1.165) is 17.7 Å². The van der Waals surface area contributed by atoms with Gasteiger partial charge in [-0.2, -0.15) is 0 Å². The van der Waals surface area contributed by atoms with Crippen LogP contribution in [0.2, 0.25) is 0 Å². The fourth-order valence-electron chi connectivity index (χ4n) is 3.13. The van der Waals surface area contributed by atoms with Gasteiger partial charge in [0.1, 0.15) is 0 Å². The van der Waals surface area contributed by atoms with Crippen molar-refractivity contribution in [3.8, 4) is 5.75 Å². The highest BCUT2D eigenvalue weighted by atomic mass is 32.2. The van der Waals surface area contributed by atoms with Crippen molar-refractivity contribution in [2.45, 2.75) is 24.8 Å². The summed E-state index contributed by atoms with van der Waals surface area (Å²) in [5.41, 5.74) is 2.92. The van der Waals surface area contributed by atoms with Gasteiger partial charge < -0.3 is 4.74 Å². The molecule has 2 aliphatic rings. The van der Waals surface area contributed by atoms with Crippen molar-refractivity contribution in [3.05, 3.63) is 29.6 Å². The molecular formula is C14H16FNOS. The third kappa shape index (κ3) is 1.74. The lowest BCUT2D eigenvalue weighted by atomic mass is 9.81. The molecule has 1 aromatic rings. The SMILES string of the molecule is COc1cc([C@]23CCCC2CSC=N3)ccc1F. The molecule has 2 atom stereocenters. The Morgan fingerprint density at radius 3 is 3.22 bits per heavy atom. The standard InChI is InChI=1S/C14H16FNOS/c1-17-13-7-10(4-5-12(13)15)14-6-2-3-11(14)8-18-9-16-14/h4-5,7,9,11H,2-3,6,8H2,1H3/t11?,14-/m1/s1. The molecule has 2 nitrogen and oxygen atoms in total. The largest absolute Gasteiger partial charge is 0.494 e. The number of thioether (sulfide) groups is 1. The maximum absolute atomic E-state index is 13.5. The molecule has 96 valence electrons. The number of benzene rings is 1. The number of rotatable bonds is 2. The van der Waals surface area contributed by atoms with Gasteiger partial charge in [0.15, 0.2) is 11.6 Å². The lowest BCUT2D eigenvalue weighted by Gasteiger charge is -2.34. The minimum Gasteiger partial charge on any atom is -0.494 e. The summed E-state index contributed by atoms with van der Waals surface area (Å²) in [7, 11) is 1.51. The van der Waals surface area contributed by atoms with Crippen LogP contribution in [0.25, 0.3) is 0 Å². The molecule has 0 aromatic heterocycles. The van der Waals surface area contributed by atoms with Gasteiger partial charge in [-0.1, -0.05) is 12.5 Å². The van der Waals surface area contributed by atoms with E-state index in [4.69, 9.17) is 9.73 Å². The molecule has 1 aliphatic carbocycles. The van der Waals surface area contributed by atoms with Crippen molar-refractivity contribution in [1.29, 1.82) is 0 Å². The van der Waals surface area contributed by atoms with E-state index in [1.807, 2.05) is 17.7 Å². The van der Waals surface area contributed by atoms with Gasteiger partial charge in [0, 0.05) is 5.75 Å². The smallest absolute Gasteiger partial charge is 0.165 e. The molecule has 1 heterocycles. The third-order valence-electron chi connectivity index (χ3n) is 4.09. The van der Waals surface area contributed by atoms with Crippen molar-refractivity contribution >= 4 is 17.3 Å². The average Bonchev–Trinajstić information content (AvgIpc) is 2.84. The predicted octanol–water partition coefficient (Wildman–Crippen LogP) is 3.60. The molecule has 1 unspecified atom stereocenters. The summed E-state index contributed by atoms with van der Waals surface area (Å²) in [6, 6.07) is 5.18. The minimum atomic E-state index is -0.304. The second kappa shape index (κ2) is 4.57. The van der Waals surface area contributed by atoms with Crippen molar-refractivity contribution in [2.75, 3.05) is 12.9 Å². The van der Waals surface area contributed by atoms with E-state index in [1.54, 1.807) is 11.8 Å². The fourth-order valence-corrected chi connectivity index (χ4v) is 4.15. The van der Waals surface area contributed by atoms with Gasteiger partial charge in [0.2, 0.25) is 0 Å². The number of methoxy groups -OCH3 is 1. The quantitative estimate of drug-likeness (QED) is 0.814. The summed E-state index contributed by atoms with van der Waals surface area (Å²) in [4.78, 5) is 4.76. The van der Waals surface area contributed by atoms with Gasteiger partial charge in [-0.25, -0.2) is 4.39 Å². The van der Waals surface area contributed by atoms with E-state index in [2.05, 4.69) is 0 Å². The van der Waals surface area contributed by atoms with Crippen LogP contribution in [-0.4, -0.2) is 18.4 Å². The highest BCUT2D eigenvalue weighted by molar-refractivity contribution is 8.12. The number of aliphatic imine (C=N–C) groups is 1. The summed E-state index contributed by atoms with van der Waals surface area (Å²) in [5.74, 6) is 1.70. The Balaban J connectivity index is 2.07. The van der Waals surface area contributed by atoms with Gasteiger partial charge in [-0.15, -0.1) is 11.8 Å². The second-order valence-electron chi connectivity index (χ2n) is 4.93. The molecule has 1 saturated carbocycles. The van der Waals surface area contributed by atoms with Crippen LogP contribution in [0.3, 0.4) is 0 Å². The summed E-state index contributed by atoms with van der Waals surface area (Å²) >= 11 is 1.78. The van der Waals surface area contributed by atoms with E-state index >= 15 is 0 Å². The Bertz CT molecular complexity index is 491. The van der Waals surface area contributed by atoms with Crippen LogP contribution < -0.4 is 4.74 Å². The van der Waals surface area contributed by atoms with Crippen LogP contribution in [0.4, 0.5) is 4.39 Å². The van der Waals surface area contributed by atoms with Crippen LogP contribution in [0, 0.1) is 11.7 Å². The fraction of sp³-hybridized carbons (Fsp3) is 0.500. The number of nitrogens with zero attached hydrogens (tertiary/aromatic N) is 1. The molecule has 0 amide bonds. The van der Waals surface area contributed by atoms with Crippen molar-refractivity contribution in [1.82, 2.24) is 0 Å². The van der Waals surface area contributed by atoms with Crippen molar-refractivity contribution < 1.29 is 9.13 Å². The first kappa shape index (κ1) is 12.0. The Hall–Kier alpha value is -1.03. The monoisotopic (exact) mass is 265 g/mol. The molecule has 1 aromatic carbocycles. The lowest BCUT2D eigenvalue weighted by molar-refractivity contribution is 0.349. The first-order valence-electron chi connectivity index (χ1n) is 6.25. The van der Waals surface area contributed by atoms with Crippen LogP contribution in [0.15, 0.2) is 23.2 Å². The molecule has 0 radical (unpaired) electrons. The molecule has 0 spiro atoms. The molecule has 1 aliphatic heterocycles. The number of fused-ring (bicyclic) bond motifs is 1. The first-order valence-corrected chi connectivity index (χ1v) is 7.30. The molecule has 0 saturated heterocycles. The van der Waals surface area contributed by atoms with Gasteiger partial charge in [0.25, 0.3) is 0 Å². The van der Waals surface area contributed by atoms with Gasteiger partial charge in [0.05, 0.1) is 18.2 Å². The second-order valence-corrected chi connectivity index (χ2v) is 5.81. The van der Waals surface area contributed by atoms with Crippen molar-refractivity contribution in [2.24, 2.45) is 10.9 Å². The van der Waals surface area contributed by atoms with Crippen LogP contribution in [0.1, 0.15) is 24.8 Å². The number of ether oxygens (including phenoxy) is 1. The van der Waals surface area contributed by atoms with Gasteiger partial charge in [-0.3, -0.25) is 4.99 Å². The zero-order valence-electron chi connectivity index (χ0n) is 10.4. The highest BCUT2D eigenvalue weighted by Gasteiger charge is 2.45. The summed E-state index contributed by atoms with van der Waals surface area (Å²) in [6.45, 7) is 0. The van der Waals surface area contributed by atoms with E-state index in [0.29, 0.717) is 11.7 Å². The van der Waals surface area contributed by atoms with Gasteiger partial charge >= 0.3 is 0 Å². The first-order chi connectivity index (χ1) is 8.76. The summed E-state index contributed by atoms with van der Waals surface area (Å²) in [5, 5.41) is 0. The Labute approximate surface area is 111 Å². The third-order valence-corrected chi connectivity index (χ3v) is 4.94. The number of halogens is 1. The number of hydrogen-bond acceptors (Lipinski definition) is 3. The number of hydrogen-bond donors (Lipinski definition) is 0. The maximum Gasteiger partial charge on any atom is 0.165 e. The molecule has 4 heteroatoms. The minimum absolute atomic E-state index is 0.133. The van der Waals surface area contributed by atoms with Crippen LogP contribution in [0.5, 0.6) is 5.75 Å². The zero-order valence-corrected chi connectivity index (χ0v) is 11.2. The Morgan fingerprint density at radius 1 is 1.50 bits per heavy atom. The van der Waals surface area contributed by atoms with E-state index in [-0.39, 0.29) is 11.4 Å². The maximum atomic E-state index is 13.5. The molecule has 0 N–H and O–H groups in total. The molecule has 3 rings (SSSR count). The van der Waals surface area contributed by atoms with Crippen LogP contribution in [-0.2, 0) is 5.54 Å². The zero-order chi connectivity index (χ0) is 12.6. The van der Waals surface area contributed by atoms with E-state index in [1.165, 1.54) is 26.0 Å². The average molecular weight is 265 g/mol.